The van der Waals surface area contributed by atoms with Crippen LogP contribution in [0, 0.1) is 11.8 Å². The van der Waals surface area contributed by atoms with Crippen LogP contribution in [0.5, 0.6) is 0 Å². The molecule has 0 amide bonds. The molecular weight excluding hydrogens is 134 g/mol. The van der Waals surface area contributed by atoms with Crippen molar-refractivity contribution in [1.82, 2.24) is 0 Å². The van der Waals surface area contributed by atoms with Crippen LogP contribution in [0.25, 0.3) is 0 Å². The molecular formula is C10H19N. The van der Waals surface area contributed by atoms with Gasteiger partial charge in [-0.1, -0.05) is 45.6 Å². The van der Waals surface area contributed by atoms with E-state index >= 15 is 0 Å². The third-order valence-electron chi connectivity index (χ3n) is 2.13. The molecule has 0 spiro atoms. The van der Waals surface area contributed by atoms with Gasteiger partial charge in [0, 0.05) is 6.04 Å². The second kappa shape index (κ2) is 5.14. The fourth-order valence-corrected chi connectivity index (χ4v) is 0.827. The first-order valence-electron chi connectivity index (χ1n) is 4.14. The van der Waals surface area contributed by atoms with Gasteiger partial charge in [-0.05, 0) is 11.8 Å². The van der Waals surface area contributed by atoms with Crippen LogP contribution in [0.2, 0.25) is 0 Å². The Morgan fingerprint density at radius 1 is 1.27 bits per heavy atom. The number of hydrogen-bond acceptors (Lipinski definition) is 1. The highest BCUT2D eigenvalue weighted by molar-refractivity contribution is 5.03. The highest BCUT2D eigenvalue weighted by atomic mass is 14.6. The smallest absolute Gasteiger partial charge is 0.0255 e. The van der Waals surface area contributed by atoms with Crippen LogP contribution in [0.15, 0.2) is 24.8 Å². The summed E-state index contributed by atoms with van der Waals surface area (Å²) < 4.78 is 0. The van der Waals surface area contributed by atoms with Crippen molar-refractivity contribution >= 4 is 0 Å². The summed E-state index contributed by atoms with van der Waals surface area (Å²) in [7, 11) is 0. The number of allylic oxidation sites excluding steroid dienone is 2. The van der Waals surface area contributed by atoms with Gasteiger partial charge in [-0.25, -0.2) is 0 Å². The van der Waals surface area contributed by atoms with E-state index < -0.39 is 0 Å². The van der Waals surface area contributed by atoms with Crippen molar-refractivity contribution in [2.24, 2.45) is 17.6 Å². The minimum absolute atomic E-state index is 0.160. The lowest BCUT2D eigenvalue weighted by Gasteiger charge is -2.19. The predicted octanol–water partition coefficient (Wildman–Crippen LogP) is 2.35. The van der Waals surface area contributed by atoms with Gasteiger partial charge in [0.1, 0.15) is 0 Å². The van der Waals surface area contributed by atoms with Gasteiger partial charge in [-0.2, -0.15) is 0 Å². The number of rotatable bonds is 4. The van der Waals surface area contributed by atoms with Gasteiger partial charge in [0.2, 0.25) is 0 Å². The summed E-state index contributed by atoms with van der Waals surface area (Å²) in [5.74, 6) is 1.17. The van der Waals surface area contributed by atoms with Crippen LogP contribution in [-0.4, -0.2) is 6.04 Å². The topological polar surface area (TPSA) is 26.0 Å². The first-order valence-corrected chi connectivity index (χ1v) is 4.14. The molecule has 0 saturated heterocycles. The molecule has 64 valence electrons. The number of hydrogen-bond donors (Lipinski definition) is 1. The lowest BCUT2D eigenvalue weighted by molar-refractivity contribution is 0.383. The largest absolute Gasteiger partial charge is 0.324 e. The molecule has 0 rings (SSSR count). The van der Waals surface area contributed by atoms with Crippen LogP contribution in [0.4, 0.5) is 0 Å². The highest BCUT2D eigenvalue weighted by Gasteiger charge is 2.12. The average Bonchev–Trinajstić information content (AvgIpc) is 1.98. The molecule has 11 heavy (non-hydrogen) atoms. The highest BCUT2D eigenvalue weighted by Crippen LogP contribution is 2.13. The SMILES string of the molecule is C=C/C=C\C(N)C(C)C(C)C. The molecule has 0 aliphatic carbocycles. The molecule has 0 saturated carbocycles. The zero-order chi connectivity index (χ0) is 8.85. The van der Waals surface area contributed by atoms with Gasteiger partial charge in [0.25, 0.3) is 0 Å². The standard InChI is InChI=1S/C10H19N/c1-5-6-7-10(11)9(4)8(2)3/h5-10H,1,11H2,2-4H3/b7-6-. The Kier molecular flexibility index (Phi) is 4.88. The van der Waals surface area contributed by atoms with Crippen LogP contribution < -0.4 is 5.73 Å². The third-order valence-corrected chi connectivity index (χ3v) is 2.13. The van der Waals surface area contributed by atoms with Crippen LogP contribution in [-0.2, 0) is 0 Å². The molecule has 0 fully saturated rings. The van der Waals surface area contributed by atoms with E-state index in [1.54, 1.807) is 6.08 Å². The lowest BCUT2D eigenvalue weighted by Crippen LogP contribution is -2.29. The molecule has 0 aliphatic rings. The van der Waals surface area contributed by atoms with Crippen molar-refractivity contribution in [2.75, 3.05) is 0 Å². The molecule has 2 unspecified atom stereocenters. The van der Waals surface area contributed by atoms with Gasteiger partial charge in [0.15, 0.2) is 0 Å². The third kappa shape index (κ3) is 3.99. The normalized spacial score (nSPS) is 17.2. The molecule has 0 aromatic carbocycles. The van der Waals surface area contributed by atoms with E-state index in [4.69, 9.17) is 5.73 Å². The quantitative estimate of drug-likeness (QED) is 0.616. The summed E-state index contributed by atoms with van der Waals surface area (Å²) in [6.45, 7) is 10.1. The zero-order valence-corrected chi connectivity index (χ0v) is 7.75. The van der Waals surface area contributed by atoms with E-state index in [0.29, 0.717) is 11.8 Å². The van der Waals surface area contributed by atoms with Gasteiger partial charge in [-0.3, -0.25) is 0 Å². The molecule has 0 radical (unpaired) electrons. The summed E-state index contributed by atoms with van der Waals surface area (Å²) in [5, 5.41) is 0. The molecule has 2 atom stereocenters. The molecule has 0 aromatic heterocycles. The van der Waals surface area contributed by atoms with Gasteiger partial charge in [0.05, 0.1) is 0 Å². The van der Waals surface area contributed by atoms with Gasteiger partial charge >= 0.3 is 0 Å². The Morgan fingerprint density at radius 3 is 2.18 bits per heavy atom. The zero-order valence-electron chi connectivity index (χ0n) is 7.75. The van der Waals surface area contributed by atoms with E-state index in [-0.39, 0.29) is 6.04 Å². The van der Waals surface area contributed by atoms with Crippen LogP contribution in [0.3, 0.4) is 0 Å². The van der Waals surface area contributed by atoms with E-state index in [1.807, 2.05) is 12.2 Å². The maximum atomic E-state index is 5.87. The second-order valence-electron chi connectivity index (χ2n) is 3.30. The molecule has 0 aromatic rings. The molecule has 1 heteroatoms. The van der Waals surface area contributed by atoms with E-state index in [1.165, 1.54) is 0 Å². The Hall–Kier alpha value is -0.560. The molecule has 0 heterocycles. The maximum absolute atomic E-state index is 5.87. The van der Waals surface area contributed by atoms with Crippen molar-refractivity contribution < 1.29 is 0 Å². The van der Waals surface area contributed by atoms with E-state index in [9.17, 15) is 0 Å². The average molecular weight is 153 g/mol. The van der Waals surface area contributed by atoms with Crippen molar-refractivity contribution in [3.63, 3.8) is 0 Å². The van der Waals surface area contributed by atoms with Crippen molar-refractivity contribution in [2.45, 2.75) is 26.8 Å². The summed E-state index contributed by atoms with van der Waals surface area (Å²) in [5.41, 5.74) is 5.87. The van der Waals surface area contributed by atoms with E-state index in [2.05, 4.69) is 27.4 Å². The summed E-state index contributed by atoms with van der Waals surface area (Å²) in [6.07, 6.45) is 5.66. The summed E-state index contributed by atoms with van der Waals surface area (Å²) in [6, 6.07) is 0.160. The Morgan fingerprint density at radius 2 is 1.82 bits per heavy atom. The first kappa shape index (κ1) is 10.4. The van der Waals surface area contributed by atoms with Gasteiger partial charge in [-0.15, -0.1) is 0 Å². The predicted molar refractivity (Wildman–Crippen MR) is 51.3 cm³/mol. The molecule has 1 nitrogen and oxygen atoms in total. The lowest BCUT2D eigenvalue weighted by atomic mass is 9.91. The maximum Gasteiger partial charge on any atom is 0.0255 e. The van der Waals surface area contributed by atoms with Gasteiger partial charge < -0.3 is 5.73 Å². The van der Waals surface area contributed by atoms with E-state index in [0.717, 1.165) is 0 Å². The number of nitrogens with two attached hydrogens (primary N) is 1. The Bertz CT molecular complexity index is 136. The first-order chi connectivity index (χ1) is 5.09. The molecule has 2 N–H and O–H groups in total. The fourth-order valence-electron chi connectivity index (χ4n) is 0.827. The second-order valence-corrected chi connectivity index (χ2v) is 3.30. The minimum Gasteiger partial charge on any atom is -0.324 e. The minimum atomic E-state index is 0.160. The molecule has 0 bridgehead atoms. The molecule has 0 aliphatic heterocycles. The Labute approximate surface area is 70.0 Å². The summed E-state index contributed by atoms with van der Waals surface area (Å²) in [4.78, 5) is 0. The summed E-state index contributed by atoms with van der Waals surface area (Å²) >= 11 is 0. The Balaban J connectivity index is 3.91. The van der Waals surface area contributed by atoms with Crippen LogP contribution in [0.1, 0.15) is 20.8 Å². The fraction of sp³-hybridized carbons (Fsp3) is 0.600. The van der Waals surface area contributed by atoms with Crippen LogP contribution >= 0.6 is 0 Å². The monoisotopic (exact) mass is 153 g/mol. The van der Waals surface area contributed by atoms with Crippen molar-refractivity contribution in [1.29, 1.82) is 0 Å². The van der Waals surface area contributed by atoms with Crippen molar-refractivity contribution in [3.05, 3.63) is 24.8 Å². The van der Waals surface area contributed by atoms with Crippen molar-refractivity contribution in [3.8, 4) is 0 Å².